The summed E-state index contributed by atoms with van der Waals surface area (Å²) in [6.07, 6.45) is 61.1. The maximum atomic E-state index is 12.9. The van der Waals surface area contributed by atoms with Crippen LogP contribution < -0.4 is 0 Å². The van der Waals surface area contributed by atoms with E-state index in [0.717, 1.165) is 96.3 Å². The van der Waals surface area contributed by atoms with Crippen molar-refractivity contribution in [2.45, 2.75) is 238 Å². The highest BCUT2D eigenvalue weighted by atomic mass is 16.7. The molecule has 1 N–H and O–H groups in total. The van der Waals surface area contributed by atoms with Gasteiger partial charge in [-0.15, -0.1) is 0 Å². The van der Waals surface area contributed by atoms with Crippen molar-refractivity contribution < 1.29 is 42.9 Å². The third-order valence-corrected chi connectivity index (χ3v) is 11.7. The van der Waals surface area contributed by atoms with Gasteiger partial charge in [-0.05, 0) is 64.2 Å². The highest BCUT2D eigenvalue weighted by molar-refractivity contribution is 5.71. The summed E-state index contributed by atoms with van der Waals surface area (Å²) in [6, 6.07) is 0. The van der Waals surface area contributed by atoms with Crippen molar-refractivity contribution >= 4 is 17.9 Å². The Kier molecular flexibility index (Phi) is 47.7. The van der Waals surface area contributed by atoms with Crippen LogP contribution in [0.3, 0.4) is 0 Å². The summed E-state index contributed by atoms with van der Waals surface area (Å²) >= 11 is 0. The average Bonchev–Trinajstić information content (AvgIpc) is 3.30. The molecule has 0 rings (SSSR count). The molecular formula is C59H104NO8+. The monoisotopic (exact) mass is 955 g/mol. The number of likely N-dealkylation sites (N-methyl/N-ethyl adjacent to an activating group) is 1. The highest BCUT2D eigenvalue weighted by Crippen LogP contribution is 2.16. The van der Waals surface area contributed by atoms with Crippen LogP contribution in [0.4, 0.5) is 0 Å². The molecule has 0 spiro atoms. The van der Waals surface area contributed by atoms with Gasteiger partial charge in [0.1, 0.15) is 13.2 Å². The van der Waals surface area contributed by atoms with Crippen molar-refractivity contribution in [1.82, 2.24) is 0 Å². The van der Waals surface area contributed by atoms with Gasteiger partial charge in [0.25, 0.3) is 6.29 Å². The Labute approximate surface area is 417 Å². The standard InChI is InChI=1S/C59H103NO8/c1-6-8-10-12-14-16-18-20-22-24-26-27-28-29-30-31-32-34-36-38-40-42-44-46-48-50-57(62)68-55(54-67-59(58(63)64)65-52-51-60(3,4)5)53-66-56(61)49-47-45-43-41-39-37-35-33-25-23-21-19-17-15-13-11-9-7-2/h8,10,14,16,20,22,26-27,29-30,32,34,55,59H,6-7,9,11-13,15,17-19,21,23-25,28,31,33,35-54H2,1-5H3/p+1/b10-8-,16-14-,22-20-,27-26-,30-29-,34-32-. The number of rotatable bonds is 50. The van der Waals surface area contributed by atoms with Crippen LogP contribution in [-0.2, 0) is 33.3 Å². The summed E-state index contributed by atoms with van der Waals surface area (Å²) in [5, 5.41) is 9.69. The maximum absolute atomic E-state index is 12.9. The number of ether oxygens (including phenoxy) is 4. The molecule has 0 saturated heterocycles. The van der Waals surface area contributed by atoms with Crippen LogP contribution in [-0.4, -0.2) is 87.4 Å². The Morgan fingerprint density at radius 2 is 0.838 bits per heavy atom. The molecule has 392 valence electrons. The number of nitrogens with zero attached hydrogens (tertiary/aromatic N) is 1. The van der Waals surface area contributed by atoms with E-state index in [1.807, 2.05) is 21.1 Å². The van der Waals surface area contributed by atoms with E-state index in [9.17, 15) is 19.5 Å². The Bertz CT molecular complexity index is 1340. The van der Waals surface area contributed by atoms with E-state index in [2.05, 4.69) is 86.8 Å². The number of hydrogen-bond donors (Lipinski definition) is 1. The lowest BCUT2D eigenvalue weighted by molar-refractivity contribution is -0.870. The molecule has 0 aliphatic carbocycles. The number of carbonyl (C=O) groups excluding carboxylic acids is 2. The van der Waals surface area contributed by atoms with Crippen LogP contribution in [0.25, 0.3) is 0 Å². The zero-order chi connectivity index (χ0) is 49.9. The molecule has 0 aromatic carbocycles. The minimum atomic E-state index is -1.52. The molecule has 0 bridgehead atoms. The SMILES string of the molecule is CC/C=C\C/C=C\C/C=C\C/C=C\C/C=C\C/C=C\CCCCCCCCC(=O)OC(COC(=O)CCCCCCCCCCCCCCCCCCCC)COC(OCC[N+](C)(C)C)C(=O)O. The quantitative estimate of drug-likeness (QED) is 0.0211. The van der Waals surface area contributed by atoms with Gasteiger partial charge in [0, 0.05) is 12.8 Å². The third kappa shape index (κ3) is 50.6. The summed E-state index contributed by atoms with van der Waals surface area (Å²) in [5.41, 5.74) is 0. The van der Waals surface area contributed by atoms with Crippen LogP contribution in [0, 0.1) is 0 Å². The largest absolute Gasteiger partial charge is 0.477 e. The minimum absolute atomic E-state index is 0.182. The average molecular weight is 955 g/mol. The van der Waals surface area contributed by atoms with Crippen LogP contribution in [0.2, 0.25) is 0 Å². The molecule has 0 aliphatic rings. The molecule has 0 amide bonds. The second-order valence-corrected chi connectivity index (χ2v) is 19.5. The summed E-state index contributed by atoms with van der Waals surface area (Å²) in [5.74, 6) is -2.02. The Hall–Kier alpha value is -3.27. The number of aliphatic carboxylic acids is 1. The number of carboxylic acid groups (broad SMARTS) is 1. The van der Waals surface area contributed by atoms with Crippen LogP contribution in [0.5, 0.6) is 0 Å². The normalized spacial score (nSPS) is 13.4. The summed E-state index contributed by atoms with van der Waals surface area (Å²) in [7, 11) is 5.96. The van der Waals surface area contributed by atoms with E-state index >= 15 is 0 Å². The summed E-state index contributed by atoms with van der Waals surface area (Å²) in [6.45, 7) is 4.76. The predicted octanol–water partition coefficient (Wildman–Crippen LogP) is 15.8. The van der Waals surface area contributed by atoms with Gasteiger partial charge >= 0.3 is 17.9 Å². The smallest absolute Gasteiger partial charge is 0.361 e. The van der Waals surface area contributed by atoms with Crippen molar-refractivity contribution in [2.75, 3.05) is 47.5 Å². The molecule has 9 nitrogen and oxygen atoms in total. The molecule has 0 heterocycles. The molecule has 2 unspecified atom stereocenters. The first-order valence-corrected chi connectivity index (χ1v) is 27.6. The molecule has 0 aromatic heterocycles. The number of carboxylic acids is 1. The lowest BCUT2D eigenvalue weighted by Gasteiger charge is -2.25. The second-order valence-electron chi connectivity index (χ2n) is 19.5. The molecule has 0 aliphatic heterocycles. The Morgan fingerprint density at radius 1 is 0.456 bits per heavy atom. The second kappa shape index (κ2) is 50.1. The summed E-state index contributed by atoms with van der Waals surface area (Å²) in [4.78, 5) is 37.4. The lowest BCUT2D eigenvalue weighted by atomic mass is 10.0. The van der Waals surface area contributed by atoms with E-state index in [4.69, 9.17) is 18.9 Å². The Morgan fingerprint density at radius 3 is 1.25 bits per heavy atom. The molecule has 68 heavy (non-hydrogen) atoms. The van der Waals surface area contributed by atoms with E-state index in [1.54, 1.807) is 0 Å². The first-order chi connectivity index (χ1) is 33.1. The van der Waals surface area contributed by atoms with Gasteiger partial charge < -0.3 is 28.5 Å². The van der Waals surface area contributed by atoms with Crippen molar-refractivity contribution in [3.05, 3.63) is 72.9 Å². The molecule has 0 radical (unpaired) electrons. The molecule has 0 fully saturated rings. The zero-order valence-corrected chi connectivity index (χ0v) is 44.5. The Balaban J connectivity index is 4.33. The fourth-order valence-corrected chi connectivity index (χ4v) is 7.49. The van der Waals surface area contributed by atoms with E-state index in [0.29, 0.717) is 23.9 Å². The predicted molar refractivity (Wildman–Crippen MR) is 286 cm³/mol. The van der Waals surface area contributed by atoms with E-state index < -0.39 is 24.3 Å². The molecule has 9 heteroatoms. The zero-order valence-electron chi connectivity index (χ0n) is 44.5. The molecule has 0 saturated carbocycles. The van der Waals surface area contributed by atoms with E-state index in [-0.39, 0.29) is 32.2 Å². The topological polar surface area (TPSA) is 108 Å². The van der Waals surface area contributed by atoms with Gasteiger partial charge in [0.05, 0.1) is 34.4 Å². The highest BCUT2D eigenvalue weighted by Gasteiger charge is 2.25. The van der Waals surface area contributed by atoms with Gasteiger partial charge in [-0.3, -0.25) is 9.59 Å². The number of allylic oxidation sites excluding steroid dienone is 12. The van der Waals surface area contributed by atoms with Gasteiger partial charge in [0.2, 0.25) is 0 Å². The fourth-order valence-electron chi connectivity index (χ4n) is 7.49. The number of hydrogen-bond acceptors (Lipinski definition) is 7. The van der Waals surface area contributed by atoms with Gasteiger partial charge in [-0.25, -0.2) is 4.79 Å². The van der Waals surface area contributed by atoms with E-state index in [1.165, 1.54) is 96.3 Å². The molecule has 2 atom stereocenters. The number of unbranched alkanes of at least 4 members (excludes halogenated alkanes) is 23. The first-order valence-electron chi connectivity index (χ1n) is 27.6. The van der Waals surface area contributed by atoms with Crippen LogP contribution in [0.15, 0.2) is 72.9 Å². The van der Waals surface area contributed by atoms with Gasteiger partial charge in [-0.2, -0.15) is 0 Å². The first kappa shape index (κ1) is 64.7. The van der Waals surface area contributed by atoms with Crippen LogP contribution >= 0.6 is 0 Å². The maximum Gasteiger partial charge on any atom is 0.361 e. The van der Waals surface area contributed by atoms with Gasteiger partial charge in [0.15, 0.2) is 6.10 Å². The molecular weight excluding hydrogens is 851 g/mol. The fraction of sp³-hybridized carbons (Fsp3) is 0.746. The minimum Gasteiger partial charge on any atom is -0.477 e. The van der Waals surface area contributed by atoms with Crippen molar-refractivity contribution in [1.29, 1.82) is 0 Å². The lowest BCUT2D eigenvalue weighted by Crippen LogP contribution is -2.40. The van der Waals surface area contributed by atoms with Gasteiger partial charge in [-0.1, -0.05) is 222 Å². The van der Waals surface area contributed by atoms with Crippen LogP contribution in [0.1, 0.15) is 226 Å². The third-order valence-electron chi connectivity index (χ3n) is 11.7. The number of esters is 2. The van der Waals surface area contributed by atoms with Crippen molar-refractivity contribution in [3.8, 4) is 0 Å². The number of carbonyl (C=O) groups is 3. The van der Waals surface area contributed by atoms with Crippen molar-refractivity contribution in [2.24, 2.45) is 0 Å². The summed E-state index contributed by atoms with van der Waals surface area (Å²) < 4.78 is 22.8. The van der Waals surface area contributed by atoms with Crippen molar-refractivity contribution in [3.63, 3.8) is 0 Å². The molecule has 0 aromatic rings. The number of quaternary nitrogens is 1.